The number of nitro benzene ring substituents is 2. The fourth-order valence-corrected chi connectivity index (χ4v) is 3.77. The van der Waals surface area contributed by atoms with Gasteiger partial charge < -0.3 is 15.7 Å². The average Bonchev–Trinajstić information content (AvgIpc) is 2.96. The number of phenols is 1. The predicted molar refractivity (Wildman–Crippen MR) is 158 cm³/mol. The number of hydrogen-bond acceptors (Lipinski definition) is 7. The van der Waals surface area contributed by atoms with Gasteiger partial charge in [-0.05, 0) is 49.2 Å². The van der Waals surface area contributed by atoms with E-state index in [4.69, 9.17) is 11.6 Å². The summed E-state index contributed by atoms with van der Waals surface area (Å²) in [4.78, 5) is 44.1. The Balaban J connectivity index is 0.000000230. The Morgan fingerprint density at radius 3 is 1.52 bits per heavy atom. The number of nitrogens with zero attached hydrogens (tertiary/aromatic N) is 2. The monoisotopic (exact) mass is 590 g/mol. The molecule has 2 amide bonds. The van der Waals surface area contributed by atoms with E-state index in [1.807, 2.05) is 62.4 Å². The highest BCUT2D eigenvalue weighted by Gasteiger charge is 2.17. The number of amides is 2. The molecule has 0 heterocycles. The minimum Gasteiger partial charge on any atom is -0.502 e. The number of hydrogen-bond donors (Lipinski definition) is 3. The summed E-state index contributed by atoms with van der Waals surface area (Å²) >= 11 is 5.71. The van der Waals surface area contributed by atoms with Crippen LogP contribution in [0.5, 0.6) is 5.75 Å². The van der Waals surface area contributed by atoms with E-state index in [2.05, 4.69) is 10.6 Å². The van der Waals surface area contributed by atoms with E-state index >= 15 is 0 Å². The second kappa shape index (κ2) is 14.4. The van der Waals surface area contributed by atoms with Crippen LogP contribution in [-0.2, 0) is 13.1 Å². The van der Waals surface area contributed by atoms with E-state index in [-0.39, 0.29) is 27.7 Å². The first-order valence-electron chi connectivity index (χ1n) is 12.5. The number of nitrogens with one attached hydrogen (secondary N) is 2. The van der Waals surface area contributed by atoms with Crippen molar-refractivity contribution in [1.29, 1.82) is 0 Å². The van der Waals surface area contributed by atoms with Gasteiger partial charge >= 0.3 is 5.69 Å². The van der Waals surface area contributed by atoms with Crippen LogP contribution in [0, 0.1) is 34.1 Å². The van der Waals surface area contributed by atoms with Crippen molar-refractivity contribution in [1.82, 2.24) is 10.6 Å². The molecule has 3 N–H and O–H groups in total. The first-order valence-corrected chi connectivity index (χ1v) is 12.9. The molecule has 0 radical (unpaired) electrons. The number of aryl methyl sites for hydroxylation is 2. The Bertz CT molecular complexity index is 1490. The third kappa shape index (κ3) is 8.86. The highest BCUT2D eigenvalue weighted by atomic mass is 35.5. The van der Waals surface area contributed by atoms with Crippen LogP contribution in [0.25, 0.3) is 0 Å². The van der Waals surface area contributed by atoms with E-state index in [0.29, 0.717) is 13.1 Å². The topological polar surface area (TPSA) is 165 Å². The maximum atomic E-state index is 12.0. The SMILES string of the molecule is Cc1ccc(CNC(=O)c2ccc(Cl)c([N+](=O)[O-])c2)cc1.Cc1ccc(CNC(=O)c2ccc(O)c([N+](=O)[O-])c2)cc1. The fraction of sp³-hybridized carbons (Fsp3) is 0.133. The van der Waals surface area contributed by atoms with Crippen molar-refractivity contribution in [2.45, 2.75) is 26.9 Å². The van der Waals surface area contributed by atoms with Gasteiger partial charge in [-0.2, -0.15) is 0 Å². The highest BCUT2D eigenvalue weighted by Crippen LogP contribution is 2.26. The Morgan fingerprint density at radius 2 is 1.10 bits per heavy atom. The first kappa shape index (κ1) is 31.2. The Labute approximate surface area is 246 Å². The molecule has 0 fully saturated rings. The molecular formula is C30H27ClN4O7. The van der Waals surface area contributed by atoms with Gasteiger partial charge in [0.05, 0.1) is 9.85 Å². The third-order valence-corrected chi connectivity index (χ3v) is 6.31. The average molecular weight is 591 g/mol. The normalized spacial score (nSPS) is 10.2. The Morgan fingerprint density at radius 1 is 0.690 bits per heavy atom. The van der Waals surface area contributed by atoms with Crippen molar-refractivity contribution < 1.29 is 24.5 Å². The van der Waals surface area contributed by atoms with E-state index < -0.39 is 27.2 Å². The summed E-state index contributed by atoms with van der Waals surface area (Å²) in [5.74, 6) is -1.27. The minimum absolute atomic E-state index is 0.00934. The molecule has 4 aromatic carbocycles. The zero-order chi connectivity index (χ0) is 30.8. The first-order chi connectivity index (χ1) is 19.9. The van der Waals surface area contributed by atoms with Crippen LogP contribution in [0.3, 0.4) is 0 Å². The number of halogens is 1. The third-order valence-electron chi connectivity index (χ3n) is 5.99. The molecule has 0 aromatic heterocycles. The van der Waals surface area contributed by atoms with Gasteiger partial charge in [0.2, 0.25) is 0 Å². The maximum Gasteiger partial charge on any atom is 0.311 e. The van der Waals surface area contributed by atoms with Crippen LogP contribution in [-0.4, -0.2) is 26.8 Å². The second-order valence-corrected chi connectivity index (χ2v) is 9.63. The predicted octanol–water partition coefficient (Wildman–Crippen LogP) is 6.03. The molecule has 0 aliphatic heterocycles. The molecule has 12 heteroatoms. The standard InChI is InChI=1S/C15H13ClN2O3.C15H14N2O4/c1-10-2-4-11(5-3-10)9-17-15(19)12-6-7-13(16)14(8-12)18(20)21;1-10-2-4-11(5-3-10)9-16-15(19)12-6-7-14(18)13(8-12)17(20)21/h2-8H,9H2,1H3,(H,17,19);2-8,18H,9H2,1H3,(H,16,19). The lowest BCUT2D eigenvalue weighted by Gasteiger charge is -2.06. The molecule has 0 saturated heterocycles. The summed E-state index contributed by atoms with van der Waals surface area (Å²) in [5, 5.41) is 36.3. The number of benzene rings is 4. The van der Waals surface area contributed by atoms with Gasteiger partial charge in [0.25, 0.3) is 17.5 Å². The molecular weight excluding hydrogens is 564 g/mol. The van der Waals surface area contributed by atoms with Crippen molar-refractivity contribution in [3.05, 3.63) is 144 Å². The summed E-state index contributed by atoms with van der Waals surface area (Å²) in [6, 6.07) is 22.9. The molecule has 11 nitrogen and oxygen atoms in total. The molecule has 0 atom stereocenters. The molecule has 216 valence electrons. The van der Waals surface area contributed by atoms with Crippen LogP contribution < -0.4 is 10.6 Å². The maximum absolute atomic E-state index is 12.0. The van der Waals surface area contributed by atoms with Crippen LogP contribution in [0.2, 0.25) is 5.02 Å². The smallest absolute Gasteiger partial charge is 0.311 e. The minimum atomic E-state index is -0.730. The number of carbonyl (C=O) groups is 2. The molecule has 0 aliphatic carbocycles. The van der Waals surface area contributed by atoms with Crippen molar-refractivity contribution in [3.8, 4) is 5.75 Å². The Kier molecular flexibility index (Phi) is 10.7. The number of rotatable bonds is 8. The molecule has 0 unspecified atom stereocenters. The summed E-state index contributed by atoms with van der Waals surface area (Å²) in [6.07, 6.45) is 0. The van der Waals surface area contributed by atoms with Crippen LogP contribution in [0.4, 0.5) is 11.4 Å². The van der Waals surface area contributed by atoms with E-state index in [1.54, 1.807) is 0 Å². The Hall–Kier alpha value is -5.29. The number of carbonyl (C=O) groups excluding carboxylic acids is 2. The lowest BCUT2D eigenvalue weighted by Crippen LogP contribution is -2.22. The molecule has 0 bridgehead atoms. The van der Waals surface area contributed by atoms with Gasteiger partial charge in [-0.3, -0.25) is 29.8 Å². The van der Waals surface area contributed by atoms with Crippen molar-refractivity contribution in [2.75, 3.05) is 0 Å². The van der Waals surface area contributed by atoms with Gasteiger partial charge in [-0.15, -0.1) is 0 Å². The van der Waals surface area contributed by atoms with Gasteiger partial charge in [-0.1, -0.05) is 71.3 Å². The van der Waals surface area contributed by atoms with E-state index in [9.17, 15) is 34.9 Å². The largest absolute Gasteiger partial charge is 0.502 e. The molecule has 42 heavy (non-hydrogen) atoms. The molecule has 4 rings (SSSR count). The van der Waals surface area contributed by atoms with Gasteiger partial charge in [0.15, 0.2) is 5.75 Å². The summed E-state index contributed by atoms with van der Waals surface area (Å²) in [7, 11) is 0. The second-order valence-electron chi connectivity index (χ2n) is 9.22. The summed E-state index contributed by atoms with van der Waals surface area (Å²) < 4.78 is 0. The van der Waals surface area contributed by atoms with Crippen molar-refractivity contribution in [2.24, 2.45) is 0 Å². The van der Waals surface area contributed by atoms with Gasteiger partial charge in [-0.25, -0.2) is 0 Å². The van der Waals surface area contributed by atoms with E-state index in [1.165, 1.54) is 24.3 Å². The van der Waals surface area contributed by atoms with Gasteiger partial charge in [0, 0.05) is 36.3 Å². The van der Waals surface area contributed by atoms with Crippen LogP contribution >= 0.6 is 11.6 Å². The van der Waals surface area contributed by atoms with Crippen LogP contribution in [0.15, 0.2) is 84.9 Å². The van der Waals surface area contributed by atoms with Crippen molar-refractivity contribution >= 4 is 34.8 Å². The summed E-state index contributed by atoms with van der Waals surface area (Å²) in [6.45, 7) is 4.64. The lowest BCUT2D eigenvalue weighted by atomic mass is 10.1. The quantitative estimate of drug-likeness (QED) is 0.166. The fourth-order valence-electron chi connectivity index (χ4n) is 3.59. The zero-order valence-electron chi connectivity index (χ0n) is 22.7. The molecule has 0 spiro atoms. The van der Waals surface area contributed by atoms with Crippen molar-refractivity contribution in [3.63, 3.8) is 0 Å². The molecule has 0 aliphatic rings. The highest BCUT2D eigenvalue weighted by molar-refractivity contribution is 6.32. The molecule has 4 aromatic rings. The zero-order valence-corrected chi connectivity index (χ0v) is 23.4. The van der Waals surface area contributed by atoms with Gasteiger partial charge in [0.1, 0.15) is 5.02 Å². The lowest BCUT2D eigenvalue weighted by molar-refractivity contribution is -0.385. The summed E-state index contributed by atoms with van der Waals surface area (Å²) in [5.41, 5.74) is 3.72. The number of aromatic hydroxyl groups is 1. The number of phenolic OH excluding ortho intramolecular Hbond substituents is 1. The van der Waals surface area contributed by atoms with E-state index in [0.717, 1.165) is 34.4 Å². The molecule has 0 saturated carbocycles. The number of nitro groups is 2. The van der Waals surface area contributed by atoms with Crippen LogP contribution in [0.1, 0.15) is 43.0 Å².